The summed E-state index contributed by atoms with van der Waals surface area (Å²) in [5.74, 6) is -0.716. The van der Waals surface area contributed by atoms with Gasteiger partial charge in [-0.3, -0.25) is 4.79 Å². The second-order valence-corrected chi connectivity index (χ2v) is 7.61. The zero-order valence-electron chi connectivity index (χ0n) is 16.0. The molecule has 1 saturated heterocycles. The van der Waals surface area contributed by atoms with Crippen LogP contribution in [-0.2, 0) is 9.53 Å². The number of nitrogens with one attached hydrogen (secondary N) is 2. The Hall–Kier alpha value is -2.15. The van der Waals surface area contributed by atoms with Crippen LogP contribution in [0.5, 0.6) is 0 Å². The molecular weight excluding hydrogens is 349 g/mol. The van der Waals surface area contributed by atoms with E-state index in [1.54, 1.807) is 4.90 Å². The zero-order valence-corrected chi connectivity index (χ0v) is 16.0. The van der Waals surface area contributed by atoms with E-state index < -0.39 is 5.82 Å². The van der Waals surface area contributed by atoms with E-state index in [1.807, 2.05) is 13.8 Å². The third-order valence-corrected chi connectivity index (χ3v) is 5.16. The van der Waals surface area contributed by atoms with Crippen LogP contribution in [0.1, 0.15) is 46.0 Å². The maximum Gasteiger partial charge on any atom is 0.322 e. The lowest BCUT2D eigenvalue weighted by molar-refractivity contribution is -0.120. The lowest BCUT2D eigenvalue weighted by Gasteiger charge is -2.35. The number of carbonyl (C=O) groups is 2. The topological polar surface area (TPSA) is 70.7 Å². The first-order valence-electron chi connectivity index (χ1n) is 9.74. The fraction of sp³-hybridized carbons (Fsp3) is 0.600. The van der Waals surface area contributed by atoms with Crippen molar-refractivity contribution in [2.24, 2.45) is 5.92 Å². The normalized spacial score (nSPS) is 23.7. The van der Waals surface area contributed by atoms with Crippen molar-refractivity contribution in [3.63, 3.8) is 0 Å². The number of rotatable bonds is 3. The van der Waals surface area contributed by atoms with Gasteiger partial charge in [-0.05, 0) is 44.9 Å². The molecule has 0 spiro atoms. The molecule has 1 aliphatic heterocycles. The van der Waals surface area contributed by atoms with Crippen molar-refractivity contribution in [3.8, 4) is 0 Å². The Morgan fingerprint density at radius 1 is 1.07 bits per heavy atom. The number of hydrogen-bond donors (Lipinski definition) is 2. The number of benzene rings is 1. The van der Waals surface area contributed by atoms with E-state index in [0.29, 0.717) is 18.8 Å². The molecule has 148 valence electrons. The van der Waals surface area contributed by atoms with Crippen LogP contribution in [0, 0.1) is 11.7 Å². The number of nitrogens with zero attached hydrogens (tertiary/aromatic N) is 1. The van der Waals surface area contributed by atoms with Gasteiger partial charge in [-0.25, -0.2) is 9.18 Å². The van der Waals surface area contributed by atoms with Crippen LogP contribution in [0.2, 0.25) is 0 Å². The van der Waals surface area contributed by atoms with Gasteiger partial charge in [0.25, 0.3) is 0 Å². The lowest BCUT2D eigenvalue weighted by Crippen LogP contribution is -2.49. The van der Waals surface area contributed by atoms with Gasteiger partial charge in [0.05, 0.1) is 17.9 Å². The van der Waals surface area contributed by atoms with E-state index in [0.717, 1.165) is 32.1 Å². The van der Waals surface area contributed by atoms with Crippen LogP contribution in [0.15, 0.2) is 18.2 Å². The average Bonchev–Trinajstić information content (AvgIpc) is 2.64. The van der Waals surface area contributed by atoms with Gasteiger partial charge in [-0.2, -0.15) is 0 Å². The Bertz CT molecular complexity index is 681. The molecule has 1 saturated carbocycles. The van der Waals surface area contributed by atoms with Crippen molar-refractivity contribution >= 4 is 23.3 Å². The van der Waals surface area contributed by atoms with Crippen LogP contribution in [0.25, 0.3) is 0 Å². The summed E-state index contributed by atoms with van der Waals surface area (Å²) in [6.45, 7) is 4.85. The Morgan fingerprint density at radius 3 is 2.41 bits per heavy atom. The van der Waals surface area contributed by atoms with Gasteiger partial charge in [0, 0.05) is 24.7 Å². The molecule has 1 aromatic rings. The smallest absolute Gasteiger partial charge is 0.322 e. The van der Waals surface area contributed by atoms with Crippen molar-refractivity contribution in [1.82, 2.24) is 4.90 Å². The fourth-order valence-corrected chi connectivity index (χ4v) is 3.84. The van der Waals surface area contributed by atoms with E-state index >= 15 is 0 Å². The molecule has 27 heavy (non-hydrogen) atoms. The molecule has 1 heterocycles. The molecule has 3 rings (SSSR count). The minimum Gasteiger partial charge on any atom is -0.372 e. The number of anilines is 2. The Morgan fingerprint density at radius 2 is 1.74 bits per heavy atom. The molecule has 0 radical (unpaired) electrons. The van der Waals surface area contributed by atoms with Crippen molar-refractivity contribution in [2.45, 2.75) is 58.2 Å². The number of amides is 3. The summed E-state index contributed by atoms with van der Waals surface area (Å²) in [5, 5.41) is 5.47. The van der Waals surface area contributed by atoms with Gasteiger partial charge in [-0.15, -0.1) is 0 Å². The molecule has 0 aromatic heterocycles. The summed E-state index contributed by atoms with van der Waals surface area (Å²) in [6.07, 6.45) is 4.85. The molecule has 0 bridgehead atoms. The minimum absolute atomic E-state index is 0.0296. The Kier molecular flexibility index (Phi) is 6.31. The highest BCUT2D eigenvalue weighted by Crippen LogP contribution is 2.27. The highest BCUT2D eigenvalue weighted by molar-refractivity contribution is 5.94. The first kappa shape index (κ1) is 19.6. The second-order valence-electron chi connectivity index (χ2n) is 7.61. The maximum atomic E-state index is 14.1. The molecule has 2 N–H and O–H groups in total. The van der Waals surface area contributed by atoms with Gasteiger partial charge in [0.15, 0.2) is 0 Å². The molecule has 1 aliphatic carbocycles. The van der Waals surface area contributed by atoms with Gasteiger partial charge >= 0.3 is 6.03 Å². The number of ether oxygens (including phenoxy) is 1. The number of urea groups is 1. The Balaban J connectivity index is 1.64. The molecule has 6 nitrogen and oxygen atoms in total. The predicted octanol–water partition coefficient (Wildman–Crippen LogP) is 3.99. The molecule has 2 atom stereocenters. The summed E-state index contributed by atoms with van der Waals surface area (Å²) in [6, 6.07) is 3.97. The average molecular weight is 377 g/mol. The molecular formula is C20H28FN3O3. The lowest BCUT2D eigenvalue weighted by atomic mass is 9.88. The fourth-order valence-electron chi connectivity index (χ4n) is 3.84. The monoisotopic (exact) mass is 377 g/mol. The summed E-state index contributed by atoms with van der Waals surface area (Å²) >= 11 is 0. The third kappa shape index (κ3) is 5.19. The predicted molar refractivity (Wildman–Crippen MR) is 102 cm³/mol. The number of morpholine rings is 1. The molecule has 3 amide bonds. The highest BCUT2D eigenvalue weighted by atomic mass is 19.1. The molecule has 2 aliphatic rings. The van der Waals surface area contributed by atoms with Crippen LogP contribution in [0.3, 0.4) is 0 Å². The van der Waals surface area contributed by atoms with Crippen molar-refractivity contribution < 1.29 is 18.7 Å². The van der Waals surface area contributed by atoms with E-state index in [-0.39, 0.29) is 35.8 Å². The molecule has 7 heteroatoms. The van der Waals surface area contributed by atoms with Crippen LogP contribution in [0.4, 0.5) is 20.6 Å². The first-order chi connectivity index (χ1) is 12.9. The first-order valence-corrected chi connectivity index (χ1v) is 9.74. The van der Waals surface area contributed by atoms with Gasteiger partial charge in [0.2, 0.25) is 5.91 Å². The number of halogens is 1. The summed E-state index contributed by atoms with van der Waals surface area (Å²) in [7, 11) is 0. The van der Waals surface area contributed by atoms with Crippen LogP contribution in [-0.4, -0.2) is 42.1 Å². The SMILES string of the molecule is C[C@@H]1CN(C(=O)Nc2ccc(F)c(NC(=O)C3CCCCC3)c2)C[C@@H](C)O1. The van der Waals surface area contributed by atoms with Crippen LogP contribution < -0.4 is 10.6 Å². The van der Waals surface area contributed by atoms with Gasteiger partial charge < -0.3 is 20.3 Å². The maximum absolute atomic E-state index is 14.1. The van der Waals surface area contributed by atoms with Crippen molar-refractivity contribution in [3.05, 3.63) is 24.0 Å². The Labute approximate surface area is 159 Å². The third-order valence-electron chi connectivity index (χ3n) is 5.16. The van der Waals surface area contributed by atoms with Gasteiger partial charge in [-0.1, -0.05) is 19.3 Å². The van der Waals surface area contributed by atoms with E-state index in [9.17, 15) is 14.0 Å². The minimum atomic E-state index is -0.509. The van der Waals surface area contributed by atoms with Crippen molar-refractivity contribution in [1.29, 1.82) is 0 Å². The standard InChI is InChI=1S/C20H28FN3O3/c1-13-11-24(12-14(2)27-13)20(26)22-16-8-9-17(21)18(10-16)23-19(25)15-6-4-3-5-7-15/h8-10,13-15H,3-7,11-12H2,1-2H3,(H,22,26)(H,23,25)/t13-,14-/m1/s1. The summed E-state index contributed by atoms with van der Waals surface area (Å²) < 4.78 is 19.8. The largest absolute Gasteiger partial charge is 0.372 e. The molecule has 2 fully saturated rings. The number of carbonyl (C=O) groups excluding carboxylic acids is 2. The quantitative estimate of drug-likeness (QED) is 0.837. The van der Waals surface area contributed by atoms with E-state index in [2.05, 4.69) is 10.6 Å². The summed E-state index contributed by atoms with van der Waals surface area (Å²) in [5.41, 5.74) is 0.555. The van der Waals surface area contributed by atoms with Gasteiger partial charge in [0.1, 0.15) is 5.82 Å². The number of hydrogen-bond acceptors (Lipinski definition) is 3. The second kappa shape index (κ2) is 8.69. The molecule has 0 unspecified atom stereocenters. The van der Waals surface area contributed by atoms with E-state index in [4.69, 9.17) is 4.74 Å². The van der Waals surface area contributed by atoms with Crippen molar-refractivity contribution in [2.75, 3.05) is 23.7 Å². The highest BCUT2D eigenvalue weighted by Gasteiger charge is 2.26. The van der Waals surface area contributed by atoms with E-state index in [1.165, 1.54) is 18.2 Å². The summed E-state index contributed by atoms with van der Waals surface area (Å²) in [4.78, 5) is 26.6. The van der Waals surface area contributed by atoms with Crippen LogP contribution >= 0.6 is 0 Å². The zero-order chi connectivity index (χ0) is 19.4. The molecule has 1 aromatic carbocycles.